The molecule has 0 spiro atoms. The topological polar surface area (TPSA) is 98.5 Å². The van der Waals surface area contributed by atoms with Gasteiger partial charge in [-0.15, -0.1) is 0 Å². The smallest absolute Gasteiger partial charge is 0.227 e. The second-order valence-electron chi connectivity index (χ2n) is 6.61. The van der Waals surface area contributed by atoms with Crippen LogP contribution in [-0.4, -0.2) is 25.3 Å². The molecule has 4 aromatic rings. The Morgan fingerprint density at radius 3 is 2.38 bits per heavy atom. The van der Waals surface area contributed by atoms with E-state index in [9.17, 15) is 15.3 Å². The predicted octanol–water partition coefficient (Wildman–Crippen LogP) is 4.38. The third-order valence-corrected chi connectivity index (χ3v) is 4.84. The Labute approximate surface area is 172 Å². The van der Waals surface area contributed by atoms with Crippen LogP contribution in [0.4, 0.5) is 11.6 Å². The van der Waals surface area contributed by atoms with Gasteiger partial charge in [0.25, 0.3) is 0 Å². The van der Waals surface area contributed by atoms with Gasteiger partial charge in [0.05, 0.1) is 18.7 Å². The molecule has 0 aliphatic carbocycles. The maximum absolute atomic E-state index is 9.74. The second kappa shape index (κ2) is 8.05. The van der Waals surface area contributed by atoms with E-state index in [0.29, 0.717) is 27.8 Å². The molecule has 0 saturated carbocycles. The van der Waals surface area contributed by atoms with Gasteiger partial charge in [0.2, 0.25) is 5.95 Å². The first-order valence-corrected chi connectivity index (χ1v) is 9.31. The number of nitrogens with zero attached hydrogens (tertiary/aromatic N) is 2. The fourth-order valence-electron chi connectivity index (χ4n) is 3.14. The average molecular weight is 408 g/mol. The van der Waals surface area contributed by atoms with E-state index in [1.54, 1.807) is 42.6 Å². The highest BCUT2D eigenvalue weighted by Crippen LogP contribution is 2.32. The molecule has 0 radical (unpaired) electrons. The molecule has 0 aliphatic rings. The molecule has 1 heterocycles. The summed E-state index contributed by atoms with van der Waals surface area (Å²) in [5, 5.41) is 33.0. The molecule has 0 bridgehead atoms. The molecule has 6 nitrogen and oxygen atoms in total. The van der Waals surface area contributed by atoms with Gasteiger partial charge in [0.1, 0.15) is 5.75 Å². The van der Waals surface area contributed by atoms with Crippen molar-refractivity contribution in [1.29, 1.82) is 0 Å². The maximum Gasteiger partial charge on any atom is 0.227 e. The van der Waals surface area contributed by atoms with Crippen LogP contribution < -0.4 is 5.32 Å². The number of hydrogen-bond acceptors (Lipinski definition) is 6. The van der Waals surface area contributed by atoms with E-state index in [-0.39, 0.29) is 19.0 Å². The number of anilines is 2. The number of rotatable bonds is 5. The van der Waals surface area contributed by atoms with Crippen molar-refractivity contribution in [3.8, 4) is 16.9 Å². The Hall–Kier alpha value is -3.19. The predicted molar refractivity (Wildman–Crippen MR) is 113 cm³/mol. The van der Waals surface area contributed by atoms with Crippen LogP contribution in [0.15, 0.2) is 60.8 Å². The number of aliphatic hydroxyl groups excluding tert-OH is 2. The summed E-state index contributed by atoms with van der Waals surface area (Å²) >= 11 is 6.26. The Bertz CT molecular complexity index is 1180. The monoisotopic (exact) mass is 407 g/mol. The van der Waals surface area contributed by atoms with Crippen molar-refractivity contribution >= 4 is 34.1 Å². The minimum atomic E-state index is -0.124. The van der Waals surface area contributed by atoms with Gasteiger partial charge in [0, 0.05) is 27.9 Å². The van der Waals surface area contributed by atoms with E-state index in [4.69, 9.17) is 11.6 Å². The first-order chi connectivity index (χ1) is 14.1. The van der Waals surface area contributed by atoms with Gasteiger partial charge >= 0.3 is 0 Å². The van der Waals surface area contributed by atoms with Crippen LogP contribution in [0.5, 0.6) is 5.75 Å². The first-order valence-electron chi connectivity index (χ1n) is 8.93. The Balaban J connectivity index is 1.66. The largest absolute Gasteiger partial charge is 0.508 e. The van der Waals surface area contributed by atoms with E-state index in [0.717, 1.165) is 22.0 Å². The number of hydrogen-bond donors (Lipinski definition) is 4. The molecule has 0 atom stereocenters. The lowest BCUT2D eigenvalue weighted by Crippen LogP contribution is -1.99. The number of benzene rings is 3. The van der Waals surface area contributed by atoms with Crippen molar-refractivity contribution in [1.82, 2.24) is 9.97 Å². The van der Waals surface area contributed by atoms with Gasteiger partial charge in [-0.3, -0.25) is 0 Å². The van der Waals surface area contributed by atoms with Crippen molar-refractivity contribution in [3.05, 3.63) is 76.9 Å². The number of aliphatic hydroxyl groups is 2. The number of nitrogens with one attached hydrogen (secondary N) is 1. The van der Waals surface area contributed by atoms with Crippen LogP contribution in [0.3, 0.4) is 0 Å². The molecular weight excluding hydrogens is 390 g/mol. The molecule has 1 aromatic heterocycles. The zero-order chi connectivity index (χ0) is 20.4. The molecule has 0 unspecified atom stereocenters. The third kappa shape index (κ3) is 4.14. The number of aromatic nitrogens is 2. The van der Waals surface area contributed by atoms with Crippen LogP contribution in [0.25, 0.3) is 22.0 Å². The van der Waals surface area contributed by atoms with Crippen molar-refractivity contribution < 1.29 is 15.3 Å². The summed E-state index contributed by atoms with van der Waals surface area (Å²) in [7, 11) is 0. The van der Waals surface area contributed by atoms with Crippen LogP contribution in [0.1, 0.15) is 11.1 Å². The first kappa shape index (κ1) is 19.1. The van der Waals surface area contributed by atoms with Gasteiger partial charge in [-0.05, 0) is 59.2 Å². The summed E-state index contributed by atoms with van der Waals surface area (Å²) in [6, 6.07) is 15.8. The molecule has 0 aliphatic heterocycles. The molecule has 146 valence electrons. The lowest BCUT2D eigenvalue weighted by atomic mass is 10.0. The fourth-order valence-corrected chi connectivity index (χ4v) is 3.37. The summed E-state index contributed by atoms with van der Waals surface area (Å²) < 4.78 is 0. The molecule has 0 fully saturated rings. The minimum Gasteiger partial charge on any atom is -0.508 e. The molecule has 0 amide bonds. The molecule has 4 N–H and O–H groups in total. The van der Waals surface area contributed by atoms with Gasteiger partial charge < -0.3 is 20.6 Å². The normalized spacial score (nSPS) is 11.0. The van der Waals surface area contributed by atoms with E-state index < -0.39 is 0 Å². The minimum absolute atomic E-state index is 0.124. The Kier molecular flexibility index (Phi) is 5.31. The fraction of sp³-hybridized carbons (Fsp3) is 0.0909. The van der Waals surface area contributed by atoms with E-state index in [1.165, 1.54) is 0 Å². The highest BCUT2D eigenvalue weighted by Gasteiger charge is 2.08. The highest BCUT2D eigenvalue weighted by molar-refractivity contribution is 6.33. The average Bonchev–Trinajstić information content (AvgIpc) is 2.74. The molecular formula is C22H18ClN3O3. The number of phenols is 1. The van der Waals surface area contributed by atoms with E-state index in [2.05, 4.69) is 15.3 Å². The highest BCUT2D eigenvalue weighted by atomic mass is 35.5. The number of phenolic OH excluding ortho intramolecular Hbond substituents is 1. The zero-order valence-electron chi connectivity index (χ0n) is 15.3. The van der Waals surface area contributed by atoms with E-state index >= 15 is 0 Å². The van der Waals surface area contributed by atoms with Crippen molar-refractivity contribution in [2.24, 2.45) is 0 Å². The summed E-state index contributed by atoms with van der Waals surface area (Å²) in [6.07, 6.45) is 1.70. The molecule has 29 heavy (non-hydrogen) atoms. The number of fused-ring (bicyclic) bond motifs is 1. The van der Waals surface area contributed by atoms with E-state index in [1.807, 2.05) is 18.2 Å². The van der Waals surface area contributed by atoms with Crippen molar-refractivity contribution in [3.63, 3.8) is 0 Å². The lowest BCUT2D eigenvalue weighted by Gasteiger charge is -2.10. The van der Waals surface area contributed by atoms with Gasteiger partial charge in [-0.1, -0.05) is 23.7 Å². The van der Waals surface area contributed by atoms with Crippen LogP contribution in [0, 0.1) is 0 Å². The molecule has 4 rings (SSSR count). The summed E-state index contributed by atoms with van der Waals surface area (Å²) in [5.41, 5.74) is 4.38. The molecule has 0 saturated heterocycles. The van der Waals surface area contributed by atoms with Gasteiger partial charge in [0.15, 0.2) is 0 Å². The summed E-state index contributed by atoms with van der Waals surface area (Å²) in [6.45, 7) is -0.247. The van der Waals surface area contributed by atoms with Gasteiger partial charge in [-0.25, -0.2) is 9.97 Å². The van der Waals surface area contributed by atoms with Crippen LogP contribution >= 0.6 is 11.6 Å². The van der Waals surface area contributed by atoms with Crippen molar-refractivity contribution in [2.75, 3.05) is 5.32 Å². The molecule has 7 heteroatoms. The summed E-state index contributed by atoms with van der Waals surface area (Å²) in [5.74, 6) is 0.548. The quantitative estimate of drug-likeness (QED) is 0.392. The SMILES string of the molecule is OCc1cc(CO)cc(Nc2ncc3cc(-c4cc(O)ccc4Cl)ccc3n2)c1. The lowest BCUT2D eigenvalue weighted by molar-refractivity contribution is 0.275. The molecule has 3 aromatic carbocycles. The zero-order valence-corrected chi connectivity index (χ0v) is 16.1. The third-order valence-electron chi connectivity index (χ3n) is 4.51. The second-order valence-corrected chi connectivity index (χ2v) is 7.02. The standard InChI is InChI=1S/C22H18ClN3O3/c23-20-3-2-18(29)9-19(20)15-1-4-21-16(8-15)10-24-22(26-21)25-17-6-13(11-27)5-14(7-17)12-28/h1-10,27-29H,11-12H2,(H,24,25,26). The van der Waals surface area contributed by atoms with Crippen LogP contribution in [0.2, 0.25) is 5.02 Å². The van der Waals surface area contributed by atoms with Crippen molar-refractivity contribution in [2.45, 2.75) is 13.2 Å². The van der Waals surface area contributed by atoms with Crippen LogP contribution in [-0.2, 0) is 13.2 Å². The maximum atomic E-state index is 9.74. The number of aromatic hydroxyl groups is 1. The van der Waals surface area contributed by atoms with Gasteiger partial charge in [-0.2, -0.15) is 0 Å². The Morgan fingerprint density at radius 2 is 1.66 bits per heavy atom. The number of halogens is 1. The summed E-state index contributed by atoms with van der Waals surface area (Å²) in [4.78, 5) is 8.89. The Morgan fingerprint density at radius 1 is 0.897 bits per heavy atom.